The molecule has 0 aliphatic carbocycles. The van der Waals surface area contributed by atoms with Crippen molar-refractivity contribution < 1.29 is 4.79 Å². The summed E-state index contributed by atoms with van der Waals surface area (Å²) in [5.41, 5.74) is 3.98. The first-order chi connectivity index (χ1) is 12.2. The van der Waals surface area contributed by atoms with E-state index in [9.17, 15) is 4.79 Å². The van der Waals surface area contributed by atoms with Crippen LogP contribution in [0.15, 0.2) is 42.7 Å². The van der Waals surface area contributed by atoms with Crippen LogP contribution in [0.3, 0.4) is 0 Å². The Morgan fingerprint density at radius 1 is 1.20 bits per heavy atom. The highest BCUT2D eigenvalue weighted by atomic mass is 16.2. The van der Waals surface area contributed by atoms with Gasteiger partial charge in [-0.2, -0.15) is 0 Å². The number of benzene rings is 1. The average molecular weight is 337 g/mol. The number of hydrogen-bond donors (Lipinski definition) is 0. The molecule has 0 bridgehead atoms. The van der Waals surface area contributed by atoms with Crippen LogP contribution >= 0.6 is 0 Å². The van der Waals surface area contributed by atoms with E-state index in [0.29, 0.717) is 5.56 Å². The molecule has 1 amide bonds. The van der Waals surface area contributed by atoms with E-state index in [1.54, 1.807) is 6.20 Å². The number of anilines is 2. The Bertz CT molecular complexity index is 737. The van der Waals surface area contributed by atoms with Crippen LogP contribution in [0.4, 0.5) is 11.4 Å². The Hall–Kier alpha value is -2.36. The van der Waals surface area contributed by atoms with Crippen molar-refractivity contribution in [3.8, 4) is 0 Å². The summed E-state index contributed by atoms with van der Waals surface area (Å²) in [6.45, 7) is 8.42. The molecule has 0 fully saturated rings. The molecular weight excluding hydrogens is 310 g/mol. The number of amides is 1. The minimum atomic E-state index is 0.0414. The van der Waals surface area contributed by atoms with Gasteiger partial charge in [0.2, 0.25) is 0 Å². The molecule has 0 radical (unpaired) electrons. The second-order valence-corrected chi connectivity index (χ2v) is 6.78. The summed E-state index contributed by atoms with van der Waals surface area (Å²) in [5.74, 6) is 0.0414. The number of fused-ring (bicyclic) bond motifs is 1. The number of carbonyl (C=O) groups is 1. The van der Waals surface area contributed by atoms with Gasteiger partial charge in [0.1, 0.15) is 0 Å². The van der Waals surface area contributed by atoms with E-state index in [2.05, 4.69) is 36.7 Å². The van der Waals surface area contributed by atoms with Crippen LogP contribution in [0.1, 0.15) is 49.5 Å². The molecule has 0 saturated carbocycles. The van der Waals surface area contributed by atoms with Gasteiger partial charge in [-0.25, -0.2) is 0 Å². The number of pyridine rings is 1. The Balaban J connectivity index is 1.89. The number of rotatable bonds is 6. The van der Waals surface area contributed by atoms with Gasteiger partial charge in [0, 0.05) is 31.0 Å². The normalized spacial score (nSPS) is 16.0. The molecule has 25 heavy (non-hydrogen) atoms. The Kier molecular flexibility index (Phi) is 5.37. The third-order valence-corrected chi connectivity index (χ3v) is 4.75. The highest BCUT2D eigenvalue weighted by Gasteiger charge is 2.31. The molecule has 1 aromatic carbocycles. The zero-order valence-corrected chi connectivity index (χ0v) is 15.4. The zero-order chi connectivity index (χ0) is 17.8. The van der Waals surface area contributed by atoms with Crippen molar-refractivity contribution in [2.45, 2.75) is 46.1 Å². The van der Waals surface area contributed by atoms with E-state index in [1.165, 1.54) is 5.56 Å². The summed E-state index contributed by atoms with van der Waals surface area (Å²) < 4.78 is 0. The number of nitrogens with zero attached hydrogens (tertiary/aromatic N) is 3. The van der Waals surface area contributed by atoms with Gasteiger partial charge in [-0.05, 0) is 43.9 Å². The fourth-order valence-electron chi connectivity index (χ4n) is 3.64. The van der Waals surface area contributed by atoms with Gasteiger partial charge in [0.05, 0.1) is 17.4 Å². The summed E-state index contributed by atoms with van der Waals surface area (Å²) in [6, 6.07) is 10.3. The first-order valence-corrected chi connectivity index (χ1v) is 9.27. The molecule has 1 unspecified atom stereocenters. The topological polar surface area (TPSA) is 36.4 Å². The highest BCUT2D eigenvalue weighted by Crippen LogP contribution is 2.33. The summed E-state index contributed by atoms with van der Waals surface area (Å²) in [7, 11) is 0. The third-order valence-electron chi connectivity index (χ3n) is 4.75. The van der Waals surface area contributed by atoms with Gasteiger partial charge in [-0.3, -0.25) is 9.78 Å². The summed E-state index contributed by atoms with van der Waals surface area (Å²) in [6.07, 6.45) is 6.62. The van der Waals surface area contributed by atoms with Crippen LogP contribution in [-0.2, 0) is 6.42 Å². The first kappa shape index (κ1) is 17.5. The lowest BCUT2D eigenvalue weighted by Crippen LogP contribution is -2.36. The maximum Gasteiger partial charge on any atom is 0.260 e. The van der Waals surface area contributed by atoms with Crippen molar-refractivity contribution in [1.29, 1.82) is 0 Å². The number of para-hydroxylation sites is 1. The Morgan fingerprint density at radius 2 is 1.92 bits per heavy atom. The summed E-state index contributed by atoms with van der Waals surface area (Å²) in [4.78, 5) is 21.8. The molecule has 4 heteroatoms. The molecule has 1 aliphatic heterocycles. The molecule has 0 spiro atoms. The van der Waals surface area contributed by atoms with Gasteiger partial charge in [0.15, 0.2) is 0 Å². The monoisotopic (exact) mass is 337 g/mol. The molecule has 1 aliphatic rings. The van der Waals surface area contributed by atoms with Gasteiger partial charge >= 0.3 is 0 Å². The van der Waals surface area contributed by atoms with E-state index < -0.39 is 0 Å². The van der Waals surface area contributed by atoms with Crippen LogP contribution in [0, 0.1) is 0 Å². The van der Waals surface area contributed by atoms with Crippen molar-refractivity contribution in [2.24, 2.45) is 0 Å². The molecule has 2 heterocycles. The molecule has 1 atom stereocenters. The molecular formula is C21H27N3O. The van der Waals surface area contributed by atoms with Gasteiger partial charge in [0.25, 0.3) is 5.91 Å². The molecule has 0 saturated heterocycles. The number of aromatic nitrogens is 1. The minimum Gasteiger partial charge on any atom is -0.370 e. The lowest BCUT2D eigenvalue weighted by molar-refractivity contribution is 0.0981. The highest BCUT2D eigenvalue weighted by molar-refractivity contribution is 6.08. The van der Waals surface area contributed by atoms with E-state index in [0.717, 1.165) is 43.7 Å². The van der Waals surface area contributed by atoms with Crippen molar-refractivity contribution in [3.05, 3.63) is 53.9 Å². The number of hydrogen-bond acceptors (Lipinski definition) is 3. The van der Waals surface area contributed by atoms with Crippen molar-refractivity contribution >= 4 is 17.3 Å². The predicted octanol–water partition coefficient (Wildman–Crippen LogP) is 4.30. The summed E-state index contributed by atoms with van der Waals surface area (Å²) >= 11 is 0. The summed E-state index contributed by atoms with van der Waals surface area (Å²) in [5, 5.41) is 0. The second-order valence-electron chi connectivity index (χ2n) is 6.78. The lowest BCUT2D eigenvalue weighted by atomic mass is 10.1. The Labute approximate surface area is 150 Å². The molecule has 2 aromatic rings. The largest absolute Gasteiger partial charge is 0.370 e. The van der Waals surface area contributed by atoms with Gasteiger partial charge in [-0.1, -0.05) is 32.0 Å². The van der Waals surface area contributed by atoms with Crippen molar-refractivity contribution in [1.82, 2.24) is 4.98 Å². The van der Waals surface area contributed by atoms with Gasteiger partial charge in [-0.15, -0.1) is 0 Å². The zero-order valence-electron chi connectivity index (χ0n) is 15.4. The first-order valence-electron chi connectivity index (χ1n) is 9.27. The SMILES string of the molecule is CCCN(CCC)c1cncc(C(=O)N2c3ccccc3CC2C)c1. The van der Waals surface area contributed by atoms with E-state index in [1.807, 2.05) is 35.4 Å². The standard InChI is InChI=1S/C21H27N3O/c1-4-10-23(11-5-2)19-13-18(14-22-15-19)21(25)24-16(3)12-17-8-6-7-9-20(17)24/h6-9,13-16H,4-5,10-12H2,1-3H3. The lowest BCUT2D eigenvalue weighted by Gasteiger charge is -2.25. The van der Waals surface area contributed by atoms with Crippen LogP contribution in [-0.4, -0.2) is 30.0 Å². The van der Waals surface area contributed by atoms with Gasteiger partial charge < -0.3 is 9.80 Å². The molecule has 132 valence electrons. The fraction of sp³-hybridized carbons (Fsp3) is 0.429. The number of carbonyl (C=O) groups excluding carboxylic acids is 1. The third kappa shape index (κ3) is 3.53. The van der Waals surface area contributed by atoms with E-state index in [-0.39, 0.29) is 11.9 Å². The molecule has 4 nitrogen and oxygen atoms in total. The van der Waals surface area contributed by atoms with Crippen LogP contribution in [0.5, 0.6) is 0 Å². The quantitative estimate of drug-likeness (QED) is 0.788. The molecule has 1 aromatic heterocycles. The minimum absolute atomic E-state index is 0.0414. The second kappa shape index (κ2) is 7.68. The average Bonchev–Trinajstić information content (AvgIpc) is 2.96. The van der Waals surface area contributed by atoms with Crippen LogP contribution in [0.2, 0.25) is 0 Å². The van der Waals surface area contributed by atoms with E-state index in [4.69, 9.17) is 0 Å². The maximum absolute atomic E-state index is 13.2. The molecule has 0 N–H and O–H groups in total. The van der Waals surface area contributed by atoms with Crippen molar-refractivity contribution in [3.63, 3.8) is 0 Å². The van der Waals surface area contributed by atoms with E-state index >= 15 is 0 Å². The maximum atomic E-state index is 13.2. The molecule has 3 rings (SSSR count). The van der Waals surface area contributed by atoms with Crippen LogP contribution in [0.25, 0.3) is 0 Å². The van der Waals surface area contributed by atoms with Crippen LogP contribution < -0.4 is 9.80 Å². The predicted molar refractivity (Wildman–Crippen MR) is 103 cm³/mol. The smallest absolute Gasteiger partial charge is 0.260 e. The fourth-order valence-corrected chi connectivity index (χ4v) is 3.64. The Morgan fingerprint density at radius 3 is 2.64 bits per heavy atom. The van der Waals surface area contributed by atoms with Crippen molar-refractivity contribution in [2.75, 3.05) is 22.9 Å².